The van der Waals surface area contributed by atoms with Crippen LogP contribution in [-0.4, -0.2) is 12.6 Å². The van der Waals surface area contributed by atoms with Gasteiger partial charge in [-0.05, 0) is 86.4 Å². The van der Waals surface area contributed by atoms with Gasteiger partial charge in [-0.1, -0.05) is 51.2 Å². The van der Waals surface area contributed by atoms with E-state index in [1.165, 1.54) is 63.4 Å². The van der Waals surface area contributed by atoms with Gasteiger partial charge in [-0.25, -0.2) is 4.79 Å². The maximum Gasteiger partial charge on any atom is 0.343 e. The number of unbranched alkanes of at least 4 members (excludes halogenated alkanes) is 3. The normalized spacial score (nSPS) is 18.7. The zero-order valence-corrected chi connectivity index (χ0v) is 18.6. The van der Waals surface area contributed by atoms with Crippen molar-refractivity contribution in [1.29, 1.82) is 0 Å². The Morgan fingerprint density at radius 2 is 1.50 bits per heavy atom. The molecule has 0 atom stereocenters. The first-order valence-corrected chi connectivity index (χ1v) is 11.7. The van der Waals surface area contributed by atoms with Crippen LogP contribution in [0.3, 0.4) is 0 Å². The monoisotopic (exact) mass is 408 g/mol. The van der Waals surface area contributed by atoms with E-state index in [9.17, 15) is 4.79 Å². The third-order valence-electron chi connectivity index (χ3n) is 6.28. The van der Waals surface area contributed by atoms with Crippen molar-refractivity contribution in [2.24, 2.45) is 5.92 Å². The minimum atomic E-state index is -0.318. The zero-order valence-electron chi connectivity index (χ0n) is 18.6. The molecular weight excluding hydrogens is 372 g/mol. The molecule has 0 saturated heterocycles. The van der Waals surface area contributed by atoms with Crippen molar-refractivity contribution >= 4 is 5.97 Å². The fourth-order valence-electron chi connectivity index (χ4n) is 4.47. The molecule has 1 fully saturated rings. The van der Waals surface area contributed by atoms with E-state index >= 15 is 0 Å². The minimum Gasteiger partial charge on any atom is -0.494 e. The van der Waals surface area contributed by atoms with Crippen molar-refractivity contribution < 1.29 is 14.3 Å². The van der Waals surface area contributed by atoms with Crippen LogP contribution in [0.15, 0.2) is 48.5 Å². The molecule has 3 heteroatoms. The van der Waals surface area contributed by atoms with Crippen molar-refractivity contribution in [2.45, 2.75) is 77.6 Å². The Hall–Kier alpha value is -2.29. The van der Waals surface area contributed by atoms with Crippen LogP contribution in [0.4, 0.5) is 0 Å². The van der Waals surface area contributed by atoms with E-state index in [1.807, 2.05) is 31.2 Å². The molecule has 0 spiro atoms. The highest BCUT2D eigenvalue weighted by Crippen LogP contribution is 2.37. The van der Waals surface area contributed by atoms with Crippen LogP contribution in [0, 0.1) is 5.92 Å². The predicted molar refractivity (Wildman–Crippen MR) is 122 cm³/mol. The van der Waals surface area contributed by atoms with Gasteiger partial charge in [0.15, 0.2) is 0 Å². The highest BCUT2D eigenvalue weighted by atomic mass is 16.5. The number of carbonyl (C=O) groups is 1. The van der Waals surface area contributed by atoms with Crippen molar-refractivity contribution in [2.75, 3.05) is 6.61 Å². The van der Waals surface area contributed by atoms with Gasteiger partial charge in [-0.2, -0.15) is 0 Å². The molecule has 3 nitrogen and oxygen atoms in total. The Labute approximate surface area is 181 Å². The summed E-state index contributed by atoms with van der Waals surface area (Å²) in [5.74, 6) is 2.54. The Kier molecular flexibility index (Phi) is 8.80. The lowest BCUT2D eigenvalue weighted by molar-refractivity contribution is 0.0734. The topological polar surface area (TPSA) is 35.5 Å². The summed E-state index contributed by atoms with van der Waals surface area (Å²) in [6.45, 7) is 4.83. The fraction of sp³-hybridized carbons (Fsp3) is 0.519. The maximum absolute atomic E-state index is 12.4. The van der Waals surface area contributed by atoms with Crippen molar-refractivity contribution in [3.05, 3.63) is 59.7 Å². The van der Waals surface area contributed by atoms with E-state index in [4.69, 9.17) is 9.47 Å². The van der Waals surface area contributed by atoms with E-state index in [0.717, 1.165) is 11.7 Å². The van der Waals surface area contributed by atoms with Gasteiger partial charge in [0.1, 0.15) is 11.5 Å². The largest absolute Gasteiger partial charge is 0.494 e. The van der Waals surface area contributed by atoms with Crippen molar-refractivity contribution in [3.63, 3.8) is 0 Å². The predicted octanol–water partition coefficient (Wildman–Crippen LogP) is 7.55. The number of carbonyl (C=O) groups excluding carboxylic acids is 1. The van der Waals surface area contributed by atoms with Crippen LogP contribution in [0.5, 0.6) is 11.5 Å². The summed E-state index contributed by atoms with van der Waals surface area (Å²) in [5.41, 5.74) is 1.95. The van der Waals surface area contributed by atoms with Crippen molar-refractivity contribution in [1.82, 2.24) is 0 Å². The quantitative estimate of drug-likeness (QED) is 0.231. The molecular formula is C27H36O3. The molecule has 30 heavy (non-hydrogen) atoms. The molecule has 3 rings (SSSR count). The molecule has 0 aliphatic heterocycles. The molecule has 0 aromatic heterocycles. The van der Waals surface area contributed by atoms with E-state index in [2.05, 4.69) is 19.1 Å². The van der Waals surface area contributed by atoms with Crippen LogP contribution in [0.2, 0.25) is 0 Å². The van der Waals surface area contributed by atoms with Gasteiger partial charge in [-0.15, -0.1) is 0 Å². The Morgan fingerprint density at radius 3 is 2.13 bits per heavy atom. The summed E-state index contributed by atoms with van der Waals surface area (Å²) in [6.07, 6.45) is 12.1. The third-order valence-corrected chi connectivity index (χ3v) is 6.28. The number of hydrogen-bond acceptors (Lipinski definition) is 3. The average Bonchev–Trinajstić information content (AvgIpc) is 2.79. The fourth-order valence-corrected chi connectivity index (χ4v) is 4.47. The van der Waals surface area contributed by atoms with Gasteiger partial charge in [0.25, 0.3) is 0 Å². The number of benzene rings is 2. The molecule has 1 aliphatic carbocycles. The molecule has 0 heterocycles. The smallest absolute Gasteiger partial charge is 0.343 e. The van der Waals surface area contributed by atoms with Crippen molar-refractivity contribution in [3.8, 4) is 11.5 Å². The van der Waals surface area contributed by atoms with Gasteiger partial charge >= 0.3 is 5.97 Å². The average molecular weight is 409 g/mol. The van der Waals surface area contributed by atoms with Gasteiger partial charge in [-0.3, -0.25) is 0 Å². The van der Waals surface area contributed by atoms with Gasteiger partial charge in [0.2, 0.25) is 0 Å². The second-order valence-electron chi connectivity index (χ2n) is 8.48. The molecule has 2 aromatic carbocycles. The van der Waals surface area contributed by atoms with Gasteiger partial charge in [0.05, 0.1) is 12.2 Å². The van der Waals surface area contributed by atoms with E-state index in [0.29, 0.717) is 23.8 Å². The van der Waals surface area contributed by atoms with Crippen LogP contribution in [-0.2, 0) is 0 Å². The number of rotatable bonds is 10. The van der Waals surface area contributed by atoms with Gasteiger partial charge in [0, 0.05) is 0 Å². The summed E-state index contributed by atoms with van der Waals surface area (Å²) >= 11 is 0. The molecule has 0 N–H and O–H groups in total. The lowest BCUT2D eigenvalue weighted by Crippen LogP contribution is -2.14. The second kappa shape index (κ2) is 11.8. The Bertz CT molecular complexity index is 756. The molecule has 0 bridgehead atoms. The first kappa shape index (κ1) is 22.4. The van der Waals surface area contributed by atoms with Crippen LogP contribution in [0.25, 0.3) is 0 Å². The Balaban J connectivity index is 1.47. The standard InChI is InChI=1S/C27H36O3/c1-3-5-6-7-8-21-9-11-22(12-10-21)23-13-15-24(16-14-23)27(28)30-26-19-17-25(18-20-26)29-4-2/h13-22H,3-12H2,1-2H3. The molecule has 0 unspecified atom stereocenters. The zero-order chi connectivity index (χ0) is 21.2. The van der Waals surface area contributed by atoms with Crippen LogP contribution < -0.4 is 9.47 Å². The highest BCUT2D eigenvalue weighted by molar-refractivity contribution is 5.91. The molecule has 0 radical (unpaired) electrons. The molecule has 1 aliphatic rings. The summed E-state index contributed by atoms with van der Waals surface area (Å²) in [6, 6.07) is 15.2. The summed E-state index contributed by atoms with van der Waals surface area (Å²) < 4.78 is 10.9. The van der Waals surface area contributed by atoms with Crippen LogP contribution in [0.1, 0.15) is 93.5 Å². The summed E-state index contributed by atoms with van der Waals surface area (Å²) in [5, 5.41) is 0. The first-order chi connectivity index (χ1) is 14.7. The molecule has 162 valence electrons. The van der Waals surface area contributed by atoms with E-state index in [-0.39, 0.29) is 5.97 Å². The lowest BCUT2D eigenvalue weighted by Gasteiger charge is -2.29. The molecule has 2 aromatic rings. The van der Waals surface area contributed by atoms with Crippen LogP contribution >= 0.6 is 0 Å². The molecule has 0 amide bonds. The van der Waals surface area contributed by atoms with Gasteiger partial charge < -0.3 is 9.47 Å². The summed E-state index contributed by atoms with van der Waals surface area (Å²) in [7, 11) is 0. The number of hydrogen-bond donors (Lipinski definition) is 0. The highest BCUT2D eigenvalue weighted by Gasteiger charge is 2.22. The third kappa shape index (κ3) is 6.62. The maximum atomic E-state index is 12.4. The first-order valence-electron chi connectivity index (χ1n) is 11.7. The summed E-state index contributed by atoms with van der Waals surface area (Å²) in [4.78, 5) is 12.4. The van der Waals surface area contributed by atoms with E-state index in [1.54, 1.807) is 12.1 Å². The molecule has 1 saturated carbocycles. The SMILES string of the molecule is CCCCCCC1CCC(c2ccc(C(=O)Oc3ccc(OCC)cc3)cc2)CC1. The minimum absolute atomic E-state index is 0.318. The Morgan fingerprint density at radius 1 is 0.833 bits per heavy atom. The number of esters is 1. The second-order valence-corrected chi connectivity index (χ2v) is 8.48. The van der Waals surface area contributed by atoms with E-state index < -0.39 is 0 Å². The number of ether oxygens (including phenoxy) is 2. The lowest BCUT2D eigenvalue weighted by atomic mass is 9.77.